The summed E-state index contributed by atoms with van der Waals surface area (Å²) in [5, 5.41) is 87.9. The summed E-state index contributed by atoms with van der Waals surface area (Å²) in [5.41, 5.74) is 6.22. The molecular weight excluding hydrogens is 1500 g/mol. The molecule has 0 saturated carbocycles. The van der Waals surface area contributed by atoms with Crippen molar-refractivity contribution in [1.82, 2.24) is 59.8 Å². The molecule has 0 radical (unpaired) electrons. The summed E-state index contributed by atoms with van der Waals surface area (Å²) in [5.74, 6) is 0. The van der Waals surface area contributed by atoms with Gasteiger partial charge < -0.3 is 0 Å². The van der Waals surface area contributed by atoms with E-state index < -0.39 is 0 Å². The monoisotopic (exact) mass is 1530 g/mol. The molecule has 0 amide bonds. The summed E-state index contributed by atoms with van der Waals surface area (Å²) in [6.07, 6.45) is 15.9. The lowest BCUT2D eigenvalue weighted by atomic mass is 9.97. The van der Waals surface area contributed by atoms with Crippen molar-refractivity contribution in [3.63, 3.8) is 0 Å². The van der Waals surface area contributed by atoms with Gasteiger partial charge in [-0.25, -0.2) is 84.0 Å². The minimum absolute atomic E-state index is 0.00396. The highest BCUT2D eigenvalue weighted by Gasteiger charge is 2.29. The molecule has 30 heteroatoms. The number of fused-ring (bicyclic) bond motifs is 12. The molecule has 0 bridgehead atoms. The predicted octanol–water partition coefficient (Wildman–Crippen LogP) is 19.8. The SMILES string of the molecule is [C-]#[N+]/C=C/c1nc2c(nc1/C=C/C#N)c1nc(/C=C/C#N)c(/C=C/C#N)nc1c1nc(/C=C/[N+]#[C-])c(/C=C/[N+]#[C-])nc21.[C-]#[N+]c1ccc(-c2nc3c4nc(-c5ccc(C#N)c([N+]#[C-])c5)c(-c5ccc(C#N)c(C#N)c5)nc4c4nc(-c5ccc(C#N)c(C#N)c5)c(-c5ccc([N+]#[C-])c([N+]#[C-])c5)nc4c3nc2-c2ccc([N+]#[C-])c([N+]#[C-])c2)cc1C#N. The van der Waals surface area contributed by atoms with E-state index in [4.69, 9.17) is 135 Å². The number of hydrogen-bond acceptors (Lipinski definition) is 21. The molecule has 0 aliphatic carbocycles. The molecule has 14 aromatic rings. The van der Waals surface area contributed by atoms with E-state index in [0.717, 1.165) is 0 Å². The molecule has 0 unspecified atom stereocenters. The molecule has 14 rings (SSSR count). The first kappa shape index (κ1) is 77.2. The van der Waals surface area contributed by atoms with Crippen molar-refractivity contribution in [2.45, 2.75) is 0 Å². The summed E-state index contributed by atoms with van der Waals surface area (Å²) < 4.78 is 0. The van der Waals surface area contributed by atoms with E-state index in [1.807, 2.05) is 36.4 Å². The fourth-order valence-corrected chi connectivity index (χ4v) is 12.5. The van der Waals surface area contributed by atoms with Crippen LogP contribution in [0.4, 0.5) is 34.1 Å². The van der Waals surface area contributed by atoms with Gasteiger partial charge in [-0.05, 0) is 89.5 Å². The minimum Gasteiger partial charge on any atom is -0.250 e. The number of nitriles is 9. The van der Waals surface area contributed by atoms with Crippen LogP contribution < -0.4 is 0 Å². The van der Waals surface area contributed by atoms with Gasteiger partial charge >= 0.3 is 0 Å². The van der Waals surface area contributed by atoms with Gasteiger partial charge in [-0.15, -0.1) is 0 Å². The zero-order chi connectivity index (χ0) is 84.7. The highest BCUT2D eigenvalue weighted by molar-refractivity contribution is 6.21. The molecular formula is C90H30N30. The van der Waals surface area contributed by atoms with E-state index in [0.29, 0.717) is 33.4 Å². The lowest BCUT2D eigenvalue weighted by Gasteiger charge is -2.18. The van der Waals surface area contributed by atoms with Crippen LogP contribution in [0.15, 0.2) is 146 Å². The minimum atomic E-state index is -0.0114. The fraction of sp³-hybridized carbons (Fsp3) is 0. The standard InChI is InChI=1S/C60H18N18.C30H12N12/c1-67-43-16-13-33(21-42(43)30-66)51-54(36-15-18-45(69-3)48(24-36)72-6)78-60-57(75-51)58-55(73-49(31-7-10-37(25-61)40(19-31)28-64)52(76-58)34-9-12-39(27-63)46(22-34)70-4)56-59(60)77-53(35-14-17-44(68-2)47(23-35)71-5)50(74-56)32-8-11-38(26-62)41(20-32)29-65;1-34-16-10-22-21(9-6-15-33)39-27-25-26(38-20(8-5-14-32)19(37-25)7-4-13-31)29-30(28(27)40-22)42-24(12-18-36-3)23(41-29)11-17-35-2/h7-24H;4-12,16-18H/b;7-4+,8-5+,9-6+,16-10+,17-11+,18-12+. The number of allylic oxidation sites excluding steroid dienone is 3. The van der Waals surface area contributed by atoms with E-state index in [-0.39, 0.29) is 202 Å². The average molecular weight is 1530 g/mol. The Morgan fingerprint density at radius 1 is 0.217 bits per heavy atom. The molecule has 0 aliphatic rings. The third kappa shape index (κ3) is 14.4. The highest BCUT2D eigenvalue weighted by Crippen LogP contribution is 2.46. The second-order valence-corrected chi connectivity index (χ2v) is 24.4. The quantitative estimate of drug-likeness (QED) is 0.0622. The van der Waals surface area contributed by atoms with Crippen LogP contribution in [0.3, 0.4) is 0 Å². The van der Waals surface area contributed by atoms with Gasteiger partial charge in [-0.1, -0.05) is 72.8 Å². The maximum Gasteiger partial charge on any atom is 0.205 e. The third-order valence-electron chi connectivity index (χ3n) is 17.8. The van der Waals surface area contributed by atoms with Crippen LogP contribution in [0.5, 0.6) is 0 Å². The molecule has 120 heavy (non-hydrogen) atoms. The van der Waals surface area contributed by atoms with Crippen molar-refractivity contribution in [3.8, 4) is 122 Å². The first-order valence-corrected chi connectivity index (χ1v) is 34.0. The van der Waals surface area contributed by atoms with Gasteiger partial charge in [0.2, 0.25) is 11.4 Å². The van der Waals surface area contributed by atoms with Crippen LogP contribution in [-0.2, 0) is 0 Å². The third-order valence-corrected chi connectivity index (χ3v) is 17.8. The van der Waals surface area contributed by atoms with E-state index in [2.05, 4.69) is 61.8 Å². The first-order chi connectivity index (χ1) is 58.7. The Hall–Kier alpha value is -20.9. The van der Waals surface area contributed by atoms with Crippen LogP contribution in [0.2, 0.25) is 0 Å². The summed E-state index contributed by atoms with van der Waals surface area (Å²) in [6.45, 7) is 68.6. The fourth-order valence-electron chi connectivity index (χ4n) is 12.5. The number of aromatic nitrogens is 12. The lowest BCUT2D eigenvalue weighted by Crippen LogP contribution is -2.05. The molecule has 0 N–H and O–H groups in total. The normalized spacial score (nSPS) is 10.7. The molecule has 0 aliphatic heterocycles. The molecule has 0 fully saturated rings. The van der Waals surface area contributed by atoms with Gasteiger partial charge in [-0.2, -0.15) is 47.4 Å². The van der Waals surface area contributed by atoms with Crippen LogP contribution in [0.25, 0.3) is 214 Å². The Labute approximate surface area is 678 Å². The molecule has 8 aromatic carbocycles. The molecule has 0 saturated heterocycles. The smallest absolute Gasteiger partial charge is 0.205 e. The van der Waals surface area contributed by atoms with E-state index in [1.54, 1.807) is 36.4 Å². The molecule has 6 aromatic heterocycles. The second kappa shape index (κ2) is 33.9. The number of hydrogen-bond donors (Lipinski definition) is 0. The Balaban J connectivity index is 0.000000250. The van der Waals surface area contributed by atoms with Crippen molar-refractivity contribution < 1.29 is 0 Å². The summed E-state index contributed by atoms with van der Waals surface area (Å²) in [7, 11) is 0. The van der Waals surface area contributed by atoms with Gasteiger partial charge in [0.25, 0.3) is 0 Å². The lowest BCUT2D eigenvalue weighted by molar-refractivity contribution is 1.19. The van der Waals surface area contributed by atoms with Crippen LogP contribution in [0.1, 0.15) is 67.5 Å². The zero-order valence-electron chi connectivity index (χ0n) is 60.7. The summed E-state index contributed by atoms with van der Waals surface area (Å²) >= 11 is 0. The van der Waals surface area contributed by atoms with Crippen LogP contribution >= 0.6 is 0 Å². The van der Waals surface area contributed by atoms with E-state index in [1.165, 1.54) is 146 Å². The molecule has 0 atom stereocenters. The Morgan fingerprint density at radius 3 is 0.700 bits per heavy atom. The van der Waals surface area contributed by atoms with Crippen LogP contribution in [0, 0.1) is 161 Å². The zero-order valence-corrected chi connectivity index (χ0v) is 60.7. The van der Waals surface area contributed by atoms with Crippen LogP contribution in [-0.4, -0.2) is 59.8 Å². The molecule has 540 valence electrons. The van der Waals surface area contributed by atoms with E-state index in [9.17, 15) is 31.6 Å². The van der Waals surface area contributed by atoms with Gasteiger partial charge in [0.1, 0.15) is 90.5 Å². The molecule has 30 nitrogen and oxygen atoms in total. The molecule has 0 spiro atoms. The maximum absolute atomic E-state index is 10.2. The van der Waals surface area contributed by atoms with Gasteiger partial charge in [0.05, 0.1) is 191 Å². The average Bonchev–Trinajstić information content (AvgIpc) is 0.687. The topological polar surface area (TPSA) is 408 Å². The van der Waals surface area contributed by atoms with Gasteiger partial charge in [0, 0.05) is 34.9 Å². The van der Waals surface area contributed by atoms with Crippen molar-refractivity contribution in [3.05, 3.63) is 316 Å². The summed E-state index contributed by atoms with van der Waals surface area (Å²) in [6, 6.07) is 44.9. The van der Waals surface area contributed by atoms with Gasteiger partial charge in [0.15, 0.2) is 41.3 Å². The van der Waals surface area contributed by atoms with Crippen molar-refractivity contribution in [2.75, 3.05) is 0 Å². The number of benzene rings is 8. The largest absolute Gasteiger partial charge is 0.250 e. The highest BCUT2D eigenvalue weighted by atomic mass is 15.0. The Kier molecular flexibility index (Phi) is 21.8. The maximum atomic E-state index is 10.2. The number of nitrogens with zero attached hydrogens (tertiary/aromatic N) is 30. The van der Waals surface area contributed by atoms with Gasteiger partial charge in [-0.3, -0.25) is 19.4 Å². The Morgan fingerprint density at radius 2 is 0.442 bits per heavy atom. The van der Waals surface area contributed by atoms with E-state index >= 15 is 0 Å². The first-order valence-electron chi connectivity index (χ1n) is 34.0. The van der Waals surface area contributed by atoms with Crippen molar-refractivity contribution >= 4 is 137 Å². The number of rotatable bonds is 12. The van der Waals surface area contributed by atoms with Crippen molar-refractivity contribution in [1.29, 1.82) is 47.4 Å². The second-order valence-electron chi connectivity index (χ2n) is 24.4. The Bertz CT molecular complexity index is 6770. The predicted molar refractivity (Wildman–Crippen MR) is 441 cm³/mol. The molecule has 6 heterocycles. The van der Waals surface area contributed by atoms with Crippen molar-refractivity contribution in [2.24, 2.45) is 0 Å². The summed E-state index contributed by atoms with van der Waals surface area (Å²) in [4.78, 5) is 91.0.